The van der Waals surface area contributed by atoms with Gasteiger partial charge >= 0.3 is 0 Å². The van der Waals surface area contributed by atoms with Crippen LogP contribution in [0.15, 0.2) is 0 Å². The van der Waals surface area contributed by atoms with E-state index in [0.717, 1.165) is 32.7 Å². The molecule has 0 aromatic heterocycles. The maximum Gasteiger partial charge on any atom is 0.157 e. The second-order valence-electron chi connectivity index (χ2n) is 5.57. The molecule has 2 rings (SSSR count). The van der Waals surface area contributed by atoms with Gasteiger partial charge < -0.3 is 15.2 Å². The molecule has 2 saturated heterocycles. The predicted molar refractivity (Wildman–Crippen MR) is 72.4 cm³/mol. The summed E-state index contributed by atoms with van der Waals surface area (Å²) in [6.07, 6.45) is 7.34. The first kappa shape index (κ1) is 14.3. The van der Waals surface area contributed by atoms with Crippen LogP contribution in [-0.2, 0) is 9.47 Å². The molecule has 0 aliphatic carbocycles. The fourth-order valence-electron chi connectivity index (χ4n) is 3.13. The number of hydrogen-bond acceptors (Lipinski definition) is 4. The lowest BCUT2D eigenvalue weighted by Gasteiger charge is -2.40. The van der Waals surface area contributed by atoms with Crippen molar-refractivity contribution in [2.24, 2.45) is 5.73 Å². The molecular formula is C14H28N2O2. The maximum absolute atomic E-state index is 5.86. The second-order valence-corrected chi connectivity index (χ2v) is 5.57. The van der Waals surface area contributed by atoms with Crippen LogP contribution < -0.4 is 5.73 Å². The number of ether oxygens (including phenoxy) is 2. The van der Waals surface area contributed by atoms with Crippen LogP contribution in [0, 0.1) is 0 Å². The van der Waals surface area contributed by atoms with Gasteiger partial charge in [0, 0.05) is 31.8 Å². The summed E-state index contributed by atoms with van der Waals surface area (Å²) in [5.41, 5.74) is 5.86. The molecule has 2 aliphatic rings. The minimum absolute atomic E-state index is 0.0372. The van der Waals surface area contributed by atoms with Gasteiger partial charge in [-0.2, -0.15) is 0 Å². The zero-order valence-electron chi connectivity index (χ0n) is 11.6. The Morgan fingerprint density at radius 2 is 2.11 bits per heavy atom. The zero-order valence-corrected chi connectivity index (χ0v) is 11.6. The highest BCUT2D eigenvalue weighted by molar-refractivity contribution is 4.82. The van der Waals surface area contributed by atoms with Gasteiger partial charge in [0.1, 0.15) is 0 Å². The van der Waals surface area contributed by atoms with Gasteiger partial charge in [0.05, 0.1) is 6.61 Å². The van der Waals surface area contributed by atoms with Crippen molar-refractivity contribution in [2.75, 3.05) is 26.3 Å². The molecule has 0 bridgehead atoms. The number of nitrogens with two attached hydrogens (primary N) is 1. The van der Waals surface area contributed by atoms with E-state index in [0.29, 0.717) is 12.1 Å². The third kappa shape index (κ3) is 3.92. The molecule has 0 aromatic carbocycles. The predicted octanol–water partition coefficient (Wildman–Crippen LogP) is 1.73. The average Bonchev–Trinajstić information content (AvgIpc) is 2.41. The van der Waals surface area contributed by atoms with E-state index in [1.807, 2.05) is 0 Å². The minimum Gasteiger partial charge on any atom is -0.353 e. The fraction of sp³-hybridized carbons (Fsp3) is 1.00. The fourth-order valence-corrected chi connectivity index (χ4v) is 3.13. The van der Waals surface area contributed by atoms with Crippen LogP contribution in [0.25, 0.3) is 0 Å². The van der Waals surface area contributed by atoms with E-state index in [1.54, 1.807) is 0 Å². The summed E-state index contributed by atoms with van der Waals surface area (Å²) in [4.78, 5) is 2.52. The molecule has 0 amide bonds. The van der Waals surface area contributed by atoms with E-state index in [9.17, 15) is 0 Å². The van der Waals surface area contributed by atoms with Crippen LogP contribution >= 0.6 is 0 Å². The summed E-state index contributed by atoms with van der Waals surface area (Å²) in [7, 11) is 0. The smallest absolute Gasteiger partial charge is 0.157 e. The Balaban J connectivity index is 1.69. The Bertz CT molecular complexity index is 232. The molecule has 2 fully saturated rings. The molecule has 2 heterocycles. The molecule has 2 aliphatic heterocycles. The molecule has 0 saturated carbocycles. The van der Waals surface area contributed by atoms with Crippen LogP contribution in [0.1, 0.15) is 45.4 Å². The summed E-state index contributed by atoms with van der Waals surface area (Å²) in [6, 6.07) is 1.19. The average molecular weight is 256 g/mol. The highest BCUT2D eigenvalue weighted by Crippen LogP contribution is 2.22. The molecule has 3 unspecified atom stereocenters. The van der Waals surface area contributed by atoms with E-state index in [4.69, 9.17) is 15.2 Å². The van der Waals surface area contributed by atoms with E-state index < -0.39 is 0 Å². The summed E-state index contributed by atoms with van der Waals surface area (Å²) >= 11 is 0. The van der Waals surface area contributed by atoms with Crippen LogP contribution in [0.2, 0.25) is 0 Å². The van der Waals surface area contributed by atoms with Crippen molar-refractivity contribution < 1.29 is 9.47 Å². The number of nitrogens with zero attached hydrogens (tertiary/aromatic N) is 1. The summed E-state index contributed by atoms with van der Waals surface area (Å²) < 4.78 is 11.4. The van der Waals surface area contributed by atoms with Crippen molar-refractivity contribution in [3.05, 3.63) is 0 Å². The van der Waals surface area contributed by atoms with Gasteiger partial charge in [0.15, 0.2) is 6.29 Å². The summed E-state index contributed by atoms with van der Waals surface area (Å²) in [6.45, 7) is 5.69. The SMILES string of the molecule is CC1CCCC(CN)N1CCOC1CCCCO1. The van der Waals surface area contributed by atoms with E-state index in [2.05, 4.69) is 11.8 Å². The van der Waals surface area contributed by atoms with E-state index in [1.165, 1.54) is 32.1 Å². The number of rotatable bonds is 5. The van der Waals surface area contributed by atoms with Gasteiger partial charge in [-0.15, -0.1) is 0 Å². The Morgan fingerprint density at radius 3 is 2.83 bits per heavy atom. The van der Waals surface area contributed by atoms with Crippen LogP contribution in [0.5, 0.6) is 0 Å². The third-order valence-electron chi connectivity index (χ3n) is 4.26. The molecule has 4 heteroatoms. The van der Waals surface area contributed by atoms with Crippen molar-refractivity contribution in [2.45, 2.75) is 63.8 Å². The van der Waals surface area contributed by atoms with Crippen molar-refractivity contribution in [1.29, 1.82) is 0 Å². The van der Waals surface area contributed by atoms with Gasteiger partial charge in [-0.1, -0.05) is 6.42 Å². The van der Waals surface area contributed by atoms with Crippen LogP contribution in [0.4, 0.5) is 0 Å². The Labute approximate surface area is 111 Å². The first-order valence-electron chi connectivity index (χ1n) is 7.50. The summed E-state index contributed by atoms with van der Waals surface area (Å²) in [5, 5.41) is 0. The molecule has 0 spiro atoms. The second kappa shape index (κ2) is 7.43. The Kier molecular flexibility index (Phi) is 5.89. The van der Waals surface area contributed by atoms with E-state index in [-0.39, 0.29) is 6.29 Å². The third-order valence-corrected chi connectivity index (χ3v) is 4.26. The Hall–Kier alpha value is -0.160. The van der Waals surface area contributed by atoms with Crippen molar-refractivity contribution in [1.82, 2.24) is 4.90 Å². The van der Waals surface area contributed by atoms with Gasteiger partial charge in [-0.3, -0.25) is 4.90 Å². The monoisotopic (exact) mass is 256 g/mol. The first-order chi connectivity index (χ1) is 8.81. The lowest BCUT2D eigenvalue weighted by atomic mass is 9.96. The first-order valence-corrected chi connectivity index (χ1v) is 7.50. The molecule has 3 atom stereocenters. The zero-order chi connectivity index (χ0) is 12.8. The Morgan fingerprint density at radius 1 is 1.22 bits per heavy atom. The molecule has 0 aromatic rings. The lowest BCUT2D eigenvalue weighted by molar-refractivity contribution is -0.166. The maximum atomic E-state index is 5.86. The van der Waals surface area contributed by atoms with Crippen LogP contribution in [0.3, 0.4) is 0 Å². The minimum atomic E-state index is 0.0372. The number of hydrogen-bond donors (Lipinski definition) is 1. The van der Waals surface area contributed by atoms with Crippen molar-refractivity contribution in [3.8, 4) is 0 Å². The van der Waals surface area contributed by atoms with Crippen molar-refractivity contribution >= 4 is 0 Å². The van der Waals surface area contributed by atoms with Crippen molar-refractivity contribution in [3.63, 3.8) is 0 Å². The standard InChI is InChI=1S/C14H28N2O2/c1-12-5-4-6-13(11-15)16(12)8-10-18-14-7-2-3-9-17-14/h12-14H,2-11,15H2,1H3. The number of likely N-dealkylation sites (tertiary alicyclic amines) is 1. The molecule has 2 N–H and O–H groups in total. The van der Waals surface area contributed by atoms with Gasteiger partial charge in [-0.25, -0.2) is 0 Å². The van der Waals surface area contributed by atoms with Crippen LogP contribution in [-0.4, -0.2) is 49.6 Å². The van der Waals surface area contributed by atoms with E-state index >= 15 is 0 Å². The van der Waals surface area contributed by atoms with Gasteiger partial charge in [0.2, 0.25) is 0 Å². The highest BCUT2D eigenvalue weighted by atomic mass is 16.7. The molecule has 0 radical (unpaired) electrons. The topological polar surface area (TPSA) is 47.7 Å². The summed E-state index contributed by atoms with van der Waals surface area (Å²) in [5.74, 6) is 0. The normalized spacial score (nSPS) is 34.7. The van der Waals surface area contributed by atoms with Gasteiger partial charge in [-0.05, 0) is 39.0 Å². The molecular weight excluding hydrogens is 228 g/mol. The number of piperidine rings is 1. The highest BCUT2D eigenvalue weighted by Gasteiger charge is 2.26. The molecule has 18 heavy (non-hydrogen) atoms. The molecule has 106 valence electrons. The quantitative estimate of drug-likeness (QED) is 0.814. The lowest BCUT2D eigenvalue weighted by Crippen LogP contribution is -2.50. The molecule has 4 nitrogen and oxygen atoms in total. The largest absolute Gasteiger partial charge is 0.353 e. The van der Waals surface area contributed by atoms with Gasteiger partial charge in [0.25, 0.3) is 0 Å².